The van der Waals surface area contributed by atoms with Crippen molar-refractivity contribution in [1.82, 2.24) is 70.8 Å². The first-order valence-electron chi connectivity index (χ1n) is 20.6. The lowest BCUT2D eigenvalue weighted by Crippen LogP contribution is -2.48. The lowest BCUT2D eigenvalue weighted by atomic mass is 10.1. The third-order valence-corrected chi connectivity index (χ3v) is 11.1. The number of amides is 1. The molecule has 1 amide bonds. The van der Waals surface area contributed by atoms with Gasteiger partial charge in [0.25, 0.3) is 0 Å². The van der Waals surface area contributed by atoms with Crippen molar-refractivity contribution in [2.45, 2.75) is 6.92 Å². The van der Waals surface area contributed by atoms with Gasteiger partial charge in [-0.2, -0.15) is 20.4 Å². The zero-order chi connectivity index (χ0) is 41.4. The zero-order valence-electron chi connectivity index (χ0n) is 34.0. The van der Waals surface area contributed by atoms with Gasteiger partial charge in [-0.05, 0) is 60.7 Å². The van der Waals surface area contributed by atoms with Crippen molar-refractivity contribution in [3.63, 3.8) is 0 Å². The van der Waals surface area contributed by atoms with Gasteiger partial charge in [-0.15, -0.1) is 0 Å². The van der Waals surface area contributed by atoms with Gasteiger partial charge in [0.2, 0.25) is 5.91 Å². The average Bonchev–Trinajstić information content (AvgIpc) is 4.15. The molecule has 6 heterocycles. The number of carbonyl (C=O) groups excluding carboxylic acids is 1. The van der Waals surface area contributed by atoms with Crippen LogP contribution in [0.3, 0.4) is 0 Å². The first-order chi connectivity index (χ1) is 30.0. The zero-order valence-corrected chi connectivity index (χ0v) is 34.0. The predicted molar refractivity (Wildman–Crippen MR) is 233 cm³/mol. The number of rotatable bonds is 12. The maximum absolute atomic E-state index is 11.5. The molecule has 4 aromatic carbocycles. The second-order valence-electron chi connectivity index (χ2n) is 15.0. The molecule has 0 atom stereocenters. The van der Waals surface area contributed by atoms with Crippen LogP contribution < -0.4 is 14.8 Å². The highest BCUT2D eigenvalue weighted by Crippen LogP contribution is 2.33. The van der Waals surface area contributed by atoms with Gasteiger partial charge < -0.3 is 19.7 Å². The van der Waals surface area contributed by atoms with E-state index in [9.17, 15) is 4.79 Å². The van der Waals surface area contributed by atoms with E-state index in [1.165, 1.54) is 12.7 Å². The molecule has 17 nitrogen and oxygen atoms in total. The van der Waals surface area contributed by atoms with Crippen LogP contribution in [0, 0.1) is 0 Å². The third-order valence-electron chi connectivity index (χ3n) is 11.1. The third kappa shape index (κ3) is 9.44. The lowest BCUT2D eigenvalue weighted by Gasteiger charge is -2.34. The molecular weight excluding hydrogens is 773 g/mol. The van der Waals surface area contributed by atoms with E-state index in [-0.39, 0.29) is 5.91 Å². The highest BCUT2D eigenvalue weighted by Gasteiger charge is 2.19. The van der Waals surface area contributed by atoms with Gasteiger partial charge >= 0.3 is 0 Å². The topological polar surface area (TPSA) is 198 Å². The number of fused-ring (bicyclic) bond motifs is 2. The largest absolute Gasteiger partial charge is 0.492 e. The Hall–Kier alpha value is -6.95. The Morgan fingerprint density at radius 1 is 0.590 bits per heavy atom. The smallest absolute Gasteiger partial charge is 0.219 e. The summed E-state index contributed by atoms with van der Waals surface area (Å²) in [5.74, 6) is 3.29. The number of nitrogens with zero attached hydrogens (tertiary/aromatic N) is 9. The lowest BCUT2D eigenvalue weighted by molar-refractivity contribution is -0.130. The number of H-pyrrole nitrogens is 4. The fraction of sp³-hybridized carbons (Fsp3) is 0.295. The number of aromatic amines is 4. The van der Waals surface area contributed by atoms with E-state index in [0.717, 1.165) is 144 Å². The molecule has 0 saturated carbocycles. The Labute approximate surface area is 351 Å². The summed E-state index contributed by atoms with van der Waals surface area (Å²) in [6, 6.07) is 28.2. The van der Waals surface area contributed by atoms with Gasteiger partial charge in [-0.25, -0.2) is 9.97 Å². The Balaban J connectivity index is 0.000000157. The minimum Gasteiger partial charge on any atom is -0.492 e. The highest BCUT2D eigenvalue weighted by molar-refractivity contribution is 5.96. The van der Waals surface area contributed by atoms with E-state index < -0.39 is 0 Å². The summed E-state index contributed by atoms with van der Waals surface area (Å²) < 4.78 is 12.1. The van der Waals surface area contributed by atoms with Crippen LogP contribution in [0.2, 0.25) is 0 Å². The molecule has 2 aliphatic heterocycles. The van der Waals surface area contributed by atoms with Crippen molar-refractivity contribution >= 4 is 27.7 Å². The monoisotopic (exact) mass is 820 g/mol. The summed E-state index contributed by atoms with van der Waals surface area (Å²) in [6.07, 6.45) is 3.01. The fourth-order valence-corrected chi connectivity index (χ4v) is 7.72. The average molecular weight is 821 g/mol. The van der Waals surface area contributed by atoms with Gasteiger partial charge in [0, 0.05) is 105 Å². The van der Waals surface area contributed by atoms with Crippen LogP contribution in [0.5, 0.6) is 11.5 Å². The van der Waals surface area contributed by atoms with Gasteiger partial charge in [0.05, 0.1) is 11.0 Å². The van der Waals surface area contributed by atoms with E-state index in [1.807, 2.05) is 65.6 Å². The Kier molecular flexibility index (Phi) is 12.0. The summed E-state index contributed by atoms with van der Waals surface area (Å²) in [5, 5.41) is 34.4. The molecule has 10 rings (SSSR count). The summed E-state index contributed by atoms with van der Waals surface area (Å²) in [6.45, 7) is 12.3. The fourth-order valence-electron chi connectivity index (χ4n) is 7.72. The normalized spacial score (nSPS) is 14.9. The SMILES string of the molecule is CC(=O)N1CCN(CCOc2cccc(-c3n[nH]c4ccc(-c5ncn[nH]5)cc34)c2)CC1.c1cc(OCCN2CCNCC2)cc(-c2n[nH]c3ccc(-c4ncn[nH]4)cc23)c1. The molecule has 2 saturated heterocycles. The van der Waals surface area contributed by atoms with E-state index in [2.05, 4.69) is 90.1 Å². The molecule has 0 bridgehead atoms. The molecule has 0 radical (unpaired) electrons. The van der Waals surface area contributed by atoms with Crippen LogP contribution in [0.15, 0.2) is 97.6 Å². The summed E-state index contributed by atoms with van der Waals surface area (Å²) in [5.41, 5.74) is 7.63. The number of nitrogens with one attached hydrogen (secondary N) is 5. The van der Waals surface area contributed by atoms with Gasteiger partial charge in [0.15, 0.2) is 11.6 Å². The second-order valence-corrected chi connectivity index (χ2v) is 15.0. The quantitative estimate of drug-likeness (QED) is 0.113. The molecule has 312 valence electrons. The van der Waals surface area contributed by atoms with Crippen molar-refractivity contribution in [2.75, 3.05) is 78.7 Å². The molecule has 61 heavy (non-hydrogen) atoms. The van der Waals surface area contributed by atoms with E-state index in [1.54, 1.807) is 6.92 Å². The van der Waals surface area contributed by atoms with Crippen molar-refractivity contribution in [1.29, 1.82) is 0 Å². The number of carbonyl (C=O) groups is 1. The molecule has 0 spiro atoms. The van der Waals surface area contributed by atoms with Crippen LogP contribution in [0.1, 0.15) is 6.92 Å². The van der Waals surface area contributed by atoms with Crippen molar-refractivity contribution in [3.05, 3.63) is 97.6 Å². The van der Waals surface area contributed by atoms with E-state index in [0.29, 0.717) is 13.2 Å². The predicted octanol–water partition coefficient (Wildman–Crippen LogP) is 4.86. The molecule has 5 N–H and O–H groups in total. The molecule has 0 unspecified atom stereocenters. The van der Waals surface area contributed by atoms with Crippen LogP contribution in [0.4, 0.5) is 0 Å². The highest BCUT2D eigenvalue weighted by atomic mass is 16.5. The number of piperazine rings is 2. The van der Waals surface area contributed by atoms with Crippen molar-refractivity contribution in [3.8, 4) is 56.8 Å². The number of hydrogen-bond acceptors (Lipinski definition) is 12. The molecule has 4 aromatic heterocycles. The number of benzene rings is 4. The first kappa shape index (κ1) is 39.5. The molecule has 17 heteroatoms. The minimum atomic E-state index is 0.150. The Morgan fingerprint density at radius 3 is 1.57 bits per heavy atom. The Bertz CT molecular complexity index is 2660. The van der Waals surface area contributed by atoms with Gasteiger partial charge in [-0.1, -0.05) is 24.3 Å². The first-order valence-corrected chi connectivity index (χ1v) is 20.6. The summed E-state index contributed by atoms with van der Waals surface area (Å²) in [7, 11) is 0. The standard InChI is InChI=1S/C23H25N7O2.C21H23N7O/c1-16(31)30-9-7-29(8-10-30)11-12-32-19-4-2-3-17(13-19)22-20-14-18(23-24-15-25-28-23)5-6-21(20)26-27-22;1-2-15(12-17(3-1)29-11-10-28-8-6-22-7-9-28)20-18-13-16(21-23-14-24-27-21)4-5-19(18)25-26-20/h2-6,13-15H,7-12H2,1H3,(H,26,27)(H,24,25,28);1-5,12-14,22H,6-11H2,(H,25,26)(H,23,24,27). The summed E-state index contributed by atoms with van der Waals surface area (Å²) in [4.78, 5) is 26.6. The van der Waals surface area contributed by atoms with Gasteiger partial charge in [-0.3, -0.25) is 35.0 Å². The maximum Gasteiger partial charge on any atom is 0.219 e. The Morgan fingerprint density at radius 2 is 1.10 bits per heavy atom. The van der Waals surface area contributed by atoms with E-state index >= 15 is 0 Å². The van der Waals surface area contributed by atoms with Crippen LogP contribution in [-0.2, 0) is 4.79 Å². The molecular formula is C44H48N14O3. The van der Waals surface area contributed by atoms with Gasteiger partial charge in [0.1, 0.15) is 48.8 Å². The van der Waals surface area contributed by atoms with Crippen LogP contribution in [-0.4, -0.2) is 150 Å². The molecule has 8 aromatic rings. The second kappa shape index (κ2) is 18.5. The number of aromatic nitrogens is 10. The summed E-state index contributed by atoms with van der Waals surface area (Å²) >= 11 is 0. The van der Waals surface area contributed by atoms with Crippen LogP contribution in [0.25, 0.3) is 67.1 Å². The molecule has 2 aliphatic rings. The van der Waals surface area contributed by atoms with Crippen molar-refractivity contribution in [2.24, 2.45) is 0 Å². The number of ether oxygens (including phenoxy) is 2. The molecule has 0 aliphatic carbocycles. The minimum absolute atomic E-state index is 0.150. The maximum atomic E-state index is 11.5. The van der Waals surface area contributed by atoms with Crippen molar-refractivity contribution < 1.29 is 14.3 Å². The van der Waals surface area contributed by atoms with Crippen LogP contribution >= 0.6 is 0 Å². The number of hydrogen-bond donors (Lipinski definition) is 5. The van der Waals surface area contributed by atoms with E-state index in [4.69, 9.17) is 9.47 Å². The molecule has 2 fully saturated rings.